The molecule has 12 heavy (non-hydrogen) atoms. The van der Waals surface area contributed by atoms with Crippen LogP contribution < -0.4 is 0 Å². The Balaban J connectivity index is 2.36. The van der Waals surface area contributed by atoms with E-state index in [9.17, 15) is 0 Å². The van der Waals surface area contributed by atoms with Crippen LogP contribution in [0.25, 0.3) is 0 Å². The van der Waals surface area contributed by atoms with Crippen molar-refractivity contribution in [1.82, 2.24) is 0 Å². The van der Waals surface area contributed by atoms with Gasteiger partial charge in [0.15, 0.2) is 0 Å². The van der Waals surface area contributed by atoms with Gasteiger partial charge < -0.3 is 0 Å². The summed E-state index contributed by atoms with van der Waals surface area (Å²) in [5.41, 5.74) is 1.82. The molecular formula is C8H10Cl2SeSi. The summed E-state index contributed by atoms with van der Waals surface area (Å²) in [5.74, 6) is 0. The Morgan fingerprint density at radius 2 is 2.08 bits per heavy atom. The van der Waals surface area contributed by atoms with Crippen molar-refractivity contribution < 1.29 is 0 Å². The second-order valence-electron chi connectivity index (χ2n) is 3.35. The Bertz CT molecular complexity index is 254. The molecular weight excluding hydrogens is 274 g/mol. The van der Waals surface area contributed by atoms with E-state index in [2.05, 4.69) is 4.97 Å². The van der Waals surface area contributed by atoms with Crippen LogP contribution in [0.3, 0.4) is 0 Å². The van der Waals surface area contributed by atoms with Gasteiger partial charge in [-0.15, -0.1) is 0 Å². The van der Waals surface area contributed by atoms with Gasteiger partial charge in [0, 0.05) is 0 Å². The molecule has 2 heterocycles. The van der Waals surface area contributed by atoms with Crippen molar-refractivity contribution >= 4 is 46.2 Å². The topological polar surface area (TPSA) is 0 Å². The Labute approximate surface area is 90.2 Å². The van der Waals surface area contributed by atoms with E-state index in [-0.39, 0.29) is 0 Å². The number of rotatable bonds is 0. The minimum atomic E-state index is -1.32. The van der Waals surface area contributed by atoms with E-state index in [4.69, 9.17) is 23.2 Å². The standard InChI is InChI=1S/C8H10Cl2SeSi/c9-5-8-11-6-7(10)12(8)3-1-2-4-12/h5-6H,1-4H2/b8-5+. The molecule has 0 aromatic carbocycles. The summed E-state index contributed by atoms with van der Waals surface area (Å²) in [4.78, 5) is 2.24. The summed E-state index contributed by atoms with van der Waals surface area (Å²) in [7, 11) is -1.32. The molecule has 1 spiro atoms. The van der Waals surface area contributed by atoms with Gasteiger partial charge in [0.1, 0.15) is 0 Å². The molecule has 66 valence electrons. The van der Waals surface area contributed by atoms with Crippen LogP contribution >= 0.6 is 23.2 Å². The predicted molar refractivity (Wildman–Crippen MR) is 58.2 cm³/mol. The van der Waals surface area contributed by atoms with Gasteiger partial charge >= 0.3 is 90.4 Å². The van der Waals surface area contributed by atoms with Crippen LogP contribution in [0.4, 0.5) is 0 Å². The van der Waals surface area contributed by atoms with Crippen LogP contribution in [0.5, 0.6) is 0 Å². The molecule has 0 nitrogen and oxygen atoms in total. The first-order valence-electron chi connectivity index (χ1n) is 4.13. The van der Waals surface area contributed by atoms with Gasteiger partial charge in [0.2, 0.25) is 0 Å². The van der Waals surface area contributed by atoms with Crippen molar-refractivity contribution in [2.75, 3.05) is 0 Å². The van der Waals surface area contributed by atoms with Crippen LogP contribution in [-0.2, 0) is 0 Å². The fourth-order valence-corrected chi connectivity index (χ4v) is 14.3. The van der Waals surface area contributed by atoms with E-state index < -0.39 is 8.07 Å². The van der Waals surface area contributed by atoms with E-state index in [0.29, 0.717) is 15.0 Å². The van der Waals surface area contributed by atoms with Gasteiger partial charge in [-0.25, -0.2) is 0 Å². The van der Waals surface area contributed by atoms with E-state index in [1.165, 1.54) is 33.7 Å². The van der Waals surface area contributed by atoms with Crippen LogP contribution in [0.15, 0.2) is 19.3 Å². The zero-order valence-corrected chi connectivity index (χ0v) is 10.9. The van der Waals surface area contributed by atoms with Gasteiger partial charge in [-0.05, 0) is 0 Å². The van der Waals surface area contributed by atoms with Gasteiger partial charge in [-0.3, -0.25) is 0 Å². The Morgan fingerprint density at radius 3 is 2.67 bits per heavy atom. The van der Waals surface area contributed by atoms with Gasteiger partial charge in [0.25, 0.3) is 0 Å². The van der Waals surface area contributed by atoms with Crippen LogP contribution in [0.1, 0.15) is 12.8 Å². The van der Waals surface area contributed by atoms with E-state index >= 15 is 0 Å². The fourth-order valence-electron chi connectivity index (χ4n) is 2.05. The zero-order valence-electron chi connectivity index (χ0n) is 6.65. The number of halogens is 2. The molecule has 1 fully saturated rings. The molecule has 4 heteroatoms. The first-order valence-corrected chi connectivity index (χ1v) is 9.21. The normalized spacial score (nSPS) is 30.2. The van der Waals surface area contributed by atoms with Crippen LogP contribution in [0, 0.1) is 0 Å². The third-order valence-electron chi connectivity index (χ3n) is 2.77. The molecule has 0 saturated carbocycles. The summed E-state index contributed by atoms with van der Waals surface area (Å²) in [6.45, 7) is 0. The minimum absolute atomic E-state index is 0.482. The Hall–Kier alpha value is 0.796. The molecule has 0 unspecified atom stereocenters. The van der Waals surface area contributed by atoms with Crippen molar-refractivity contribution in [3.05, 3.63) is 19.3 Å². The van der Waals surface area contributed by atoms with Crippen molar-refractivity contribution in [2.24, 2.45) is 0 Å². The van der Waals surface area contributed by atoms with Crippen molar-refractivity contribution in [3.8, 4) is 0 Å². The maximum absolute atomic E-state index is 6.29. The maximum atomic E-state index is 6.29. The average Bonchev–Trinajstić information content (AvgIpc) is 2.65. The van der Waals surface area contributed by atoms with E-state index in [1.54, 1.807) is 0 Å². The molecule has 0 atom stereocenters. The molecule has 2 aliphatic rings. The molecule has 0 amide bonds. The number of hydrogen-bond acceptors (Lipinski definition) is 0. The third kappa shape index (κ3) is 1.25. The van der Waals surface area contributed by atoms with Crippen molar-refractivity contribution in [2.45, 2.75) is 24.9 Å². The van der Waals surface area contributed by atoms with E-state index in [1.807, 2.05) is 5.54 Å². The molecule has 0 aromatic heterocycles. The Kier molecular flexibility index (Phi) is 2.74. The first-order chi connectivity index (χ1) is 5.79. The first kappa shape index (κ1) is 9.36. The zero-order chi connectivity index (χ0) is 8.60. The second kappa shape index (κ2) is 3.51. The molecule has 1 saturated heterocycles. The third-order valence-corrected chi connectivity index (χ3v) is 14.6. The van der Waals surface area contributed by atoms with Gasteiger partial charge in [-0.2, -0.15) is 0 Å². The van der Waals surface area contributed by atoms with Crippen molar-refractivity contribution in [1.29, 1.82) is 0 Å². The van der Waals surface area contributed by atoms with Gasteiger partial charge in [0.05, 0.1) is 0 Å². The molecule has 0 bridgehead atoms. The second-order valence-corrected chi connectivity index (χ2v) is 11.3. The predicted octanol–water partition coefficient (Wildman–Crippen LogP) is 3.19. The molecule has 0 aliphatic carbocycles. The molecule has 0 aromatic rings. The summed E-state index contributed by atoms with van der Waals surface area (Å²) in [5, 5.41) is 0. The fraction of sp³-hybridized carbons (Fsp3) is 0.500. The van der Waals surface area contributed by atoms with Crippen LogP contribution in [0.2, 0.25) is 12.1 Å². The van der Waals surface area contributed by atoms with Crippen LogP contribution in [-0.4, -0.2) is 23.0 Å². The number of hydrogen-bond donors (Lipinski definition) is 0. The summed E-state index contributed by atoms with van der Waals surface area (Å²) in [6, 6.07) is 2.70. The monoisotopic (exact) mass is 284 g/mol. The molecule has 2 aliphatic heterocycles. The molecule has 2 rings (SSSR count). The SMILES string of the molecule is Cl/C=C1\[Se]C=C(Cl)[Si]12CCCC2. The van der Waals surface area contributed by atoms with Gasteiger partial charge in [-0.1, -0.05) is 0 Å². The summed E-state index contributed by atoms with van der Waals surface area (Å²) >= 11 is 12.6. The molecule has 0 N–H and O–H groups in total. The summed E-state index contributed by atoms with van der Waals surface area (Å²) < 4.78 is 2.73. The quantitative estimate of drug-likeness (QED) is 0.599. The summed E-state index contributed by atoms with van der Waals surface area (Å²) in [6.07, 6.45) is 2.72. The molecule has 0 radical (unpaired) electrons. The van der Waals surface area contributed by atoms with E-state index in [0.717, 1.165) is 0 Å². The average molecular weight is 284 g/mol. The Morgan fingerprint density at radius 1 is 1.42 bits per heavy atom. The van der Waals surface area contributed by atoms with Crippen molar-refractivity contribution in [3.63, 3.8) is 0 Å².